The fraction of sp³-hybridized carbons (Fsp3) is 0.857. The van der Waals surface area contributed by atoms with Gasteiger partial charge in [-0.3, -0.25) is 5.41 Å². The van der Waals surface area contributed by atoms with E-state index >= 15 is 0 Å². The summed E-state index contributed by atoms with van der Waals surface area (Å²) in [5.41, 5.74) is -0.586. The molecule has 0 amide bonds. The summed E-state index contributed by atoms with van der Waals surface area (Å²) in [6, 6.07) is 0. The van der Waals surface area contributed by atoms with Crippen LogP contribution in [0.25, 0.3) is 0 Å². The third-order valence-electron chi connectivity index (χ3n) is 2.00. The predicted molar refractivity (Wildman–Crippen MR) is 69.2 cm³/mol. The minimum absolute atomic E-state index is 0. The lowest BCUT2D eigenvalue weighted by atomic mass is 10.3. The molecule has 2 N–H and O–H groups in total. The van der Waals surface area contributed by atoms with Crippen molar-refractivity contribution in [3.05, 3.63) is 0 Å². The monoisotopic (exact) mass is 274 g/mol. The molecular weight excluding hydrogens is 256 g/mol. The maximum atomic E-state index is 7.15. The summed E-state index contributed by atoms with van der Waals surface area (Å²) in [7, 11) is 5.45. The Morgan fingerprint density at radius 2 is 1.93 bits per heavy atom. The van der Waals surface area contributed by atoms with Crippen LogP contribution in [0.5, 0.6) is 0 Å². The molecule has 1 unspecified atom stereocenters. The average molecular weight is 275 g/mol. The van der Waals surface area contributed by atoms with Gasteiger partial charge < -0.3 is 19.5 Å². The summed E-state index contributed by atoms with van der Waals surface area (Å²) in [5, 5.41) is 9.96. The van der Waals surface area contributed by atoms with Crippen molar-refractivity contribution in [2.24, 2.45) is 0 Å². The minimum atomic E-state index is -0.586. The minimum Gasteiger partial charge on any atom is -0.362 e. The lowest BCUT2D eigenvalue weighted by molar-refractivity contribution is -0.164. The molecule has 0 fully saturated rings. The van der Waals surface area contributed by atoms with Crippen molar-refractivity contribution in [1.29, 1.82) is 5.41 Å². The van der Waals surface area contributed by atoms with Crippen LogP contribution in [0.2, 0.25) is 0 Å². The first kappa shape index (κ1) is 17.6. The van der Waals surface area contributed by atoms with Crippen molar-refractivity contribution in [2.75, 3.05) is 21.3 Å². The highest BCUT2D eigenvalue weighted by atomic mass is 35.5. The lowest BCUT2D eigenvalue weighted by Gasteiger charge is -2.30. The molecular formula is C7H19ClN2O3SSi. The molecule has 0 aliphatic carbocycles. The molecule has 0 bridgehead atoms. The van der Waals surface area contributed by atoms with Crippen molar-refractivity contribution >= 4 is 40.4 Å². The van der Waals surface area contributed by atoms with Crippen LogP contribution in [0, 0.1) is 5.41 Å². The fourth-order valence-corrected chi connectivity index (χ4v) is 1.45. The number of rotatable bonds is 6. The van der Waals surface area contributed by atoms with Gasteiger partial charge in [-0.2, -0.15) is 0 Å². The molecule has 0 spiro atoms. The van der Waals surface area contributed by atoms with E-state index in [1.165, 1.54) is 0 Å². The predicted octanol–water partition coefficient (Wildman–Crippen LogP) is -0.463. The van der Waals surface area contributed by atoms with E-state index in [4.69, 9.17) is 19.6 Å². The molecule has 0 radical (unpaired) electrons. The summed E-state index contributed by atoms with van der Waals surface area (Å²) < 4.78 is 15.6. The molecule has 0 aromatic heterocycles. The van der Waals surface area contributed by atoms with Crippen LogP contribution >= 0.6 is 25.0 Å². The topological polar surface area (TPSA) is 63.6 Å². The van der Waals surface area contributed by atoms with E-state index < -0.39 is 5.41 Å². The van der Waals surface area contributed by atoms with E-state index in [2.05, 4.69) is 17.9 Å². The smallest absolute Gasteiger partial charge is 0.152 e. The molecule has 15 heavy (non-hydrogen) atoms. The third-order valence-corrected chi connectivity index (χ3v) is 3.36. The fourth-order valence-electron chi connectivity index (χ4n) is 0.933. The van der Waals surface area contributed by atoms with E-state index in [0.717, 1.165) is 0 Å². The Labute approximate surface area is 105 Å². The van der Waals surface area contributed by atoms with Gasteiger partial charge in [0.1, 0.15) is 11.6 Å². The highest BCUT2D eigenvalue weighted by molar-refractivity contribution is 7.96. The standard InChI is InChI=1S/C7H18N2O3SSi.ClH/c1-10-5(9-6(8)13)4-7(14,11-2)12-3;/h5H,4H2,1-3,14H3,(H3,8,9,13);1H. The van der Waals surface area contributed by atoms with Crippen molar-refractivity contribution in [1.82, 2.24) is 5.32 Å². The lowest BCUT2D eigenvalue weighted by Crippen LogP contribution is -2.44. The Kier molecular flexibility index (Phi) is 9.82. The van der Waals surface area contributed by atoms with Gasteiger partial charge in [0.2, 0.25) is 0 Å². The number of ether oxygens (including phenoxy) is 3. The van der Waals surface area contributed by atoms with Crippen molar-refractivity contribution in [2.45, 2.75) is 18.1 Å². The largest absolute Gasteiger partial charge is 0.362 e. The first-order chi connectivity index (χ1) is 6.47. The van der Waals surface area contributed by atoms with Crippen LogP contribution in [0.1, 0.15) is 6.42 Å². The van der Waals surface area contributed by atoms with Gasteiger partial charge in [-0.25, -0.2) is 0 Å². The van der Waals surface area contributed by atoms with E-state index in [0.29, 0.717) is 16.7 Å². The zero-order chi connectivity index (χ0) is 11.2. The molecule has 1 atom stereocenters. The number of halogens is 1. The number of thiol groups is 1. The molecule has 92 valence electrons. The molecule has 0 heterocycles. The molecule has 0 aromatic carbocycles. The quantitative estimate of drug-likeness (QED) is 0.202. The number of hydrogen-bond acceptors (Lipinski definition) is 4. The molecule has 0 aromatic rings. The Bertz CT molecular complexity index is 195. The Morgan fingerprint density at radius 1 is 1.47 bits per heavy atom. The molecule has 0 aliphatic heterocycles. The van der Waals surface area contributed by atoms with Crippen LogP contribution in [0.3, 0.4) is 0 Å². The molecule has 0 saturated carbocycles. The first-order valence-electron chi connectivity index (χ1n) is 4.14. The van der Waals surface area contributed by atoms with Gasteiger partial charge >= 0.3 is 0 Å². The Balaban J connectivity index is 0. The summed E-state index contributed by atoms with van der Waals surface area (Å²) >= 11 is 3.82. The van der Waals surface area contributed by atoms with E-state index in [9.17, 15) is 0 Å². The second-order valence-corrected chi connectivity index (χ2v) is 4.93. The van der Waals surface area contributed by atoms with Crippen molar-refractivity contribution in [3.63, 3.8) is 0 Å². The van der Waals surface area contributed by atoms with Gasteiger partial charge in [-0.1, -0.05) is 0 Å². The highest BCUT2D eigenvalue weighted by Gasteiger charge is 2.27. The molecule has 5 nitrogen and oxygen atoms in total. The zero-order valence-electron chi connectivity index (χ0n) is 9.36. The van der Waals surface area contributed by atoms with E-state index in [1.54, 1.807) is 21.3 Å². The maximum Gasteiger partial charge on any atom is 0.152 e. The molecule has 0 saturated heterocycles. The van der Waals surface area contributed by atoms with Crippen LogP contribution in [-0.4, -0.2) is 48.4 Å². The summed E-state index contributed by atoms with van der Waals surface area (Å²) in [4.78, 5) is 0. The van der Waals surface area contributed by atoms with Gasteiger partial charge in [0.25, 0.3) is 0 Å². The normalized spacial score (nSPS) is 13.1. The second-order valence-electron chi connectivity index (χ2n) is 2.96. The molecule has 0 aliphatic rings. The van der Waals surface area contributed by atoms with Gasteiger partial charge in [0.15, 0.2) is 5.17 Å². The number of amidine groups is 1. The second kappa shape index (κ2) is 8.37. The van der Waals surface area contributed by atoms with Gasteiger partial charge in [-0.15, -0.1) is 25.0 Å². The van der Waals surface area contributed by atoms with Crippen molar-refractivity contribution < 1.29 is 14.2 Å². The van der Waals surface area contributed by atoms with Crippen LogP contribution in [0.4, 0.5) is 0 Å². The Morgan fingerprint density at radius 3 is 2.20 bits per heavy atom. The summed E-state index contributed by atoms with van der Waals surface area (Å²) in [6.45, 7) is 0. The van der Waals surface area contributed by atoms with Crippen LogP contribution in [-0.2, 0) is 14.2 Å². The zero-order valence-corrected chi connectivity index (χ0v) is 13.1. The van der Waals surface area contributed by atoms with Crippen LogP contribution < -0.4 is 5.32 Å². The van der Waals surface area contributed by atoms with Gasteiger partial charge in [0, 0.05) is 27.8 Å². The van der Waals surface area contributed by atoms with E-state index in [1.807, 2.05) is 0 Å². The highest BCUT2D eigenvalue weighted by Crippen LogP contribution is 2.14. The molecule has 0 rings (SSSR count). The average Bonchev–Trinajstić information content (AvgIpc) is 2.16. The van der Waals surface area contributed by atoms with Crippen molar-refractivity contribution in [3.8, 4) is 0 Å². The third kappa shape index (κ3) is 7.15. The molecule has 8 heteroatoms. The SMILES string of the molecule is COC(CC([SiH3])(OC)OC)NC(=N)S.Cl. The maximum absolute atomic E-state index is 7.15. The summed E-state index contributed by atoms with van der Waals surface area (Å²) in [5.74, 6) is 0. The number of hydrogen-bond donors (Lipinski definition) is 3. The number of methoxy groups -OCH3 is 3. The van der Waals surface area contributed by atoms with Gasteiger partial charge in [-0.05, 0) is 0 Å². The Hall–Kier alpha value is 0.207. The summed E-state index contributed by atoms with van der Waals surface area (Å²) in [6.07, 6.45) is 0.198. The first-order valence-corrected chi connectivity index (χ1v) is 5.59. The van der Waals surface area contributed by atoms with E-state index in [-0.39, 0.29) is 23.8 Å². The van der Waals surface area contributed by atoms with Gasteiger partial charge in [0.05, 0.1) is 10.2 Å². The number of nitrogens with one attached hydrogen (secondary N) is 2. The van der Waals surface area contributed by atoms with Crippen LogP contribution in [0.15, 0.2) is 0 Å².